The molecule has 46 heavy (non-hydrogen) atoms. The Hall–Kier alpha value is -4.52. The van der Waals surface area contributed by atoms with E-state index in [1.165, 1.54) is 0 Å². The number of carbonyl (C=O) groups excluding carboxylic acids is 2. The monoisotopic (exact) mass is 624 g/mol. The van der Waals surface area contributed by atoms with Crippen LogP contribution in [0.15, 0.2) is 36.4 Å². The number of nitrogens with one attached hydrogen (secondary N) is 4. The van der Waals surface area contributed by atoms with Gasteiger partial charge in [-0.15, -0.1) is 0 Å². The molecule has 2 saturated carbocycles. The Morgan fingerprint density at radius 2 is 1.09 bits per heavy atom. The summed E-state index contributed by atoms with van der Waals surface area (Å²) in [6.07, 6.45) is 3.12. The van der Waals surface area contributed by atoms with Crippen LogP contribution >= 0.6 is 0 Å². The zero-order valence-corrected chi connectivity index (χ0v) is 28.0. The van der Waals surface area contributed by atoms with Gasteiger partial charge >= 0.3 is 12.2 Å². The molecule has 2 aromatic heterocycles. The van der Waals surface area contributed by atoms with Crippen molar-refractivity contribution < 1.29 is 19.1 Å². The molecule has 0 spiro atoms. The highest BCUT2D eigenvalue weighted by atomic mass is 16.6. The van der Waals surface area contributed by atoms with Gasteiger partial charge in [0.1, 0.15) is 22.9 Å². The Bertz CT molecular complexity index is 1740. The molecule has 2 fully saturated rings. The van der Waals surface area contributed by atoms with Crippen LogP contribution in [0.1, 0.15) is 116 Å². The maximum absolute atomic E-state index is 12.6. The fourth-order valence-corrected chi connectivity index (χ4v) is 5.60. The van der Waals surface area contributed by atoms with Gasteiger partial charge in [-0.25, -0.2) is 19.6 Å². The predicted octanol–water partition coefficient (Wildman–Crippen LogP) is 7.57. The predicted molar refractivity (Wildman–Crippen MR) is 177 cm³/mol. The lowest BCUT2D eigenvalue weighted by atomic mass is 9.98. The van der Waals surface area contributed by atoms with Crippen LogP contribution in [0.5, 0.6) is 0 Å². The molecule has 0 radical (unpaired) electrons. The molecule has 2 aliphatic carbocycles. The molecule has 242 valence electrons. The first-order valence-corrected chi connectivity index (χ1v) is 16.0. The van der Waals surface area contributed by atoms with E-state index in [4.69, 9.17) is 19.4 Å². The molecular weight excluding hydrogens is 580 g/mol. The number of benzene rings is 2. The molecule has 2 heterocycles. The Kier molecular flexibility index (Phi) is 7.57. The summed E-state index contributed by atoms with van der Waals surface area (Å²) < 4.78 is 11.1. The number of H-pyrrole nitrogens is 2. The Morgan fingerprint density at radius 1 is 0.717 bits per heavy atom. The first-order valence-electron chi connectivity index (χ1n) is 16.0. The van der Waals surface area contributed by atoms with Crippen LogP contribution < -0.4 is 10.6 Å². The SMILES string of the molecule is CC(C)(C)OC(=O)N[C@H](c1nc2ccc(C#Cc3ccc4nc([C@@H](NC(=O)OC(C)(C)C)C5(C)CC5)[nH]c4c3)cc2[nH]1)C1(C)CC1. The summed E-state index contributed by atoms with van der Waals surface area (Å²) in [5.74, 6) is 7.97. The van der Waals surface area contributed by atoms with Gasteiger partial charge in [0.05, 0.1) is 34.2 Å². The van der Waals surface area contributed by atoms with Gasteiger partial charge in [0, 0.05) is 11.1 Å². The van der Waals surface area contributed by atoms with E-state index in [1.54, 1.807) is 0 Å². The number of ether oxygens (including phenoxy) is 2. The summed E-state index contributed by atoms with van der Waals surface area (Å²) in [7, 11) is 0. The quantitative estimate of drug-likeness (QED) is 0.164. The van der Waals surface area contributed by atoms with Gasteiger partial charge in [-0.2, -0.15) is 0 Å². The van der Waals surface area contributed by atoms with Crippen LogP contribution in [0, 0.1) is 22.7 Å². The molecule has 2 aliphatic rings. The normalized spacial score (nSPS) is 17.8. The van der Waals surface area contributed by atoms with E-state index < -0.39 is 23.4 Å². The van der Waals surface area contributed by atoms with Gasteiger partial charge in [0.25, 0.3) is 0 Å². The van der Waals surface area contributed by atoms with Crippen molar-refractivity contribution in [2.45, 2.75) is 104 Å². The van der Waals surface area contributed by atoms with Crippen molar-refractivity contribution in [1.29, 1.82) is 0 Å². The highest BCUT2D eigenvalue weighted by Crippen LogP contribution is 2.55. The van der Waals surface area contributed by atoms with Gasteiger partial charge in [-0.05, 0) is 114 Å². The van der Waals surface area contributed by atoms with Crippen molar-refractivity contribution in [2.24, 2.45) is 10.8 Å². The Balaban J connectivity index is 1.21. The van der Waals surface area contributed by atoms with Crippen molar-refractivity contribution in [3.8, 4) is 11.8 Å². The van der Waals surface area contributed by atoms with E-state index in [9.17, 15) is 9.59 Å². The van der Waals surface area contributed by atoms with E-state index in [-0.39, 0.29) is 22.9 Å². The lowest BCUT2D eigenvalue weighted by Gasteiger charge is -2.26. The summed E-state index contributed by atoms with van der Waals surface area (Å²) in [5, 5.41) is 6.10. The van der Waals surface area contributed by atoms with Crippen molar-refractivity contribution in [2.75, 3.05) is 0 Å². The number of carbonyl (C=O) groups is 2. The number of rotatable bonds is 6. The zero-order chi connectivity index (χ0) is 33.1. The third-order valence-corrected chi connectivity index (χ3v) is 8.69. The summed E-state index contributed by atoms with van der Waals surface area (Å²) in [6.45, 7) is 15.4. The molecule has 0 bridgehead atoms. The molecule has 0 aliphatic heterocycles. The molecule has 2 atom stereocenters. The molecule has 10 heteroatoms. The maximum atomic E-state index is 12.6. The minimum atomic E-state index is -0.582. The average molecular weight is 625 g/mol. The molecule has 10 nitrogen and oxygen atoms in total. The third-order valence-electron chi connectivity index (χ3n) is 8.69. The number of fused-ring (bicyclic) bond motifs is 2. The van der Waals surface area contributed by atoms with Crippen molar-refractivity contribution in [3.63, 3.8) is 0 Å². The van der Waals surface area contributed by atoms with E-state index >= 15 is 0 Å². The van der Waals surface area contributed by atoms with Crippen LogP contribution in [0.25, 0.3) is 22.1 Å². The summed E-state index contributed by atoms with van der Waals surface area (Å²) >= 11 is 0. The third kappa shape index (κ3) is 7.14. The van der Waals surface area contributed by atoms with E-state index in [1.807, 2.05) is 77.9 Å². The lowest BCUT2D eigenvalue weighted by molar-refractivity contribution is 0.0467. The van der Waals surface area contributed by atoms with Gasteiger partial charge in [0.15, 0.2) is 0 Å². The second-order valence-electron chi connectivity index (χ2n) is 15.4. The second kappa shape index (κ2) is 11.1. The molecule has 4 aromatic rings. The molecular formula is C36H44N6O4. The molecule has 4 N–H and O–H groups in total. The molecule has 6 rings (SSSR count). The average Bonchev–Trinajstić information content (AvgIpc) is 3.77. The summed E-state index contributed by atoms with van der Waals surface area (Å²) in [4.78, 5) is 41.8. The number of alkyl carbamates (subject to hydrolysis) is 2. The number of hydrogen-bond acceptors (Lipinski definition) is 6. The summed E-state index contributed by atoms with van der Waals surface area (Å²) in [6, 6.07) is 11.2. The number of imidazole rings is 2. The zero-order valence-electron chi connectivity index (χ0n) is 28.0. The number of hydrogen-bond donors (Lipinski definition) is 4. The smallest absolute Gasteiger partial charge is 0.408 e. The number of nitrogens with zero attached hydrogens (tertiary/aromatic N) is 2. The van der Waals surface area contributed by atoms with Crippen molar-refractivity contribution in [3.05, 3.63) is 59.2 Å². The Labute approximate surface area is 269 Å². The lowest BCUT2D eigenvalue weighted by Crippen LogP contribution is -2.38. The molecule has 0 saturated heterocycles. The first kappa shape index (κ1) is 31.5. The second-order valence-corrected chi connectivity index (χ2v) is 15.4. The maximum Gasteiger partial charge on any atom is 0.408 e. The molecule has 2 aromatic carbocycles. The standard InChI is InChI=1S/C36H44N6O4/c1-33(2,3)45-31(43)41-27(35(7)15-16-35)29-37-23-13-11-21(19-25(23)39-29)9-10-22-12-14-24-26(20-22)40-30(38-24)28(36(8)17-18-36)42-32(44)46-34(4,5)6/h11-14,19-20,27-28H,15-18H2,1-8H3,(H,37,39)(H,38,40)(H,41,43)(H,42,44)/t27-,28-/m1/s1. The molecule has 2 amide bonds. The minimum absolute atomic E-state index is 0.0687. The summed E-state index contributed by atoms with van der Waals surface area (Å²) in [5.41, 5.74) is 3.71. The highest BCUT2D eigenvalue weighted by molar-refractivity contribution is 5.79. The van der Waals surface area contributed by atoms with Crippen LogP contribution in [0.2, 0.25) is 0 Å². The van der Waals surface area contributed by atoms with E-state index in [0.717, 1.165) is 58.9 Å². The molecule has 0 unspecified atom stereocenters. The highest BCUT2D eigenvalue weighted by Gasteiger charge is 2.49. The fourth-order valence-electron chi connectivity index (χ4n) is 5.60. The van der Waals surface area contributed by atoms with Crippen molar-refractivity contribution >= 4 is 34.3 Å². The van der Waals surface area contributed by atoms with E-state index in [0.29, 0.717) is 11.6 Å². The van der Waals surface area contributed by atoms with Gasteiger partial charge in [-0.3, -0.25) is 0 Å². The topological polar surface area (TPSA) is 134 Å². The van der Waals surface area contributed by atoms with Gasteiger partial charge < -0.3 is 30.1 Å². The van der Waals surface area contributed by atoms with Gasteiger partial charge in [0.2, 0.25) is 0 Å². The number of aromatic amines is 2. The Morgan fingerprint density at radius 3 is 1.41 bits per heavy atom. The fraction of sp³-hybridized carbons (Fsp3) is 0.500. The van der Waals surface area contributed by atoms with E-state index in [2.05, 4.69) is 46.3 Å². The van der Waals surface area contributed by atoms with Crippen molar-refractivity contribution in [1.82, 2.24) is 30.6 Å². The minimum Gasteiger partial charge on any atom is -0.444 e. The number of amides is 2. The van der Waals surface area contributed by atoms with Crippen LogP contribution in [-0.4, -0.2) is 43.3 Å². The van der Waals surface area contributed by atoms with Crippen LogP contribution in [0.4, 0.5) is 9.59 Å². The number of aromatic nitrogens is 4. The van der Waals surface area contributed by atoms with Crippen LogP contribution in [0.3, 0.4) is 0 Å². The largest absolute Gasteiger partial charge is 0.444 e. The first-order chi connectivity index (χ1) is 21.5. The van der Waals surface area contributed by atoms with Crippen LogP contribution in [-0.2, 0) is 9.47 Å². The van der Waals surface area contributed by atoms with Gasteiger partial charge in [-0.1, -0.05) is 25.7 Å².